The Morgan fingerprint density at radius 2 is 1.88 bits per heavy atom. The summed E-state index contributed by atoms with van der Waals surface area (Å²) >= 11 is 0. The van der Waals surface area contributed by atoms with Crippen LogP contribution in [0.4, 0.5) is 10.7 Å². The summed E-state index contributed by atoms with van der Waals surface area (Å²) in [6, 6.07) is 9.57. The smallest absolute Gasteiger partial charge is 0.407 e. The van der Waals surface area contributed by atoms with Crippen LogP contribution in [0.25, 0.3) is 0 Å². The van der Waals surface area contributed by atoms with Crippen molar-refractivity contribution in [1.82, 2.24) is 15.3 Å². The van der Waals surface area contributed by atoms with E-state index in [4.69, 9.17) is 4.74 Å². The Morgan fingerprint density at radius 3 is 2.62 bits per heavy atom. The maximum Gasteiger partial charge on any atom is 0.407 e. The summed E-state index contributed by atoms with van der Waals surface area (Å²) in [4.78, 5) is 22.5. The number of hydrogen-bond donors (Lipinski definition) is 1. The molecule has 0 radical (unpaired) electrons. The second-order valence-electron chi connectivity index (χ2n) is 6.01. The molecule has 1 aromatic heterocycles. The molecule has 6 heteroatoms. The highest BCUT2D eigenvalue weighted by Crippen LogP contribution is 2.14. The van der Waals surface area contributed by atoms with Gasteiger partial charge in [0.05, 0.1) is 5.56 Å². The van der Waals surface area contributed by atoms with Crippen molar-refractivity contribution in [2.45, 2.75) is 25.9 Å². The standard InChI is InChI=1S/C20H22N4O2/c25-20(26-16-17-8-2-1-3-9-17)21-11-5-4-10-18-14-22-19(23-15-18)24-12-6-7-13-24/h1-3,8-9,14-15H,5-7,11-13,16H2,(H,21,25). The first kappa shape index (κ1) is 17.7. The third-order valence-corrected chi connectivity index (χ3v) is 3.99. The Balaban J connectivity index is 1.35. The van der Waals surface area contributed by atoms with E-state index in [1.54, 1.807) is 12.4 Å². The zero-order valence-corrected chi connectivity index (χ0v) is 14.6. The second-order valence-corrected chi connectivity index (χ2v) is 6.01. The van der Waals surface area contributed by atoms with Gasteiger partial charge in [0.15, 0.2) is 0 Å². The van der Waals surface area contributed by atoms with Crippen LogP contribution in [0.1, 0.15) is 30.4 Å². The number of carbonyl (C=O) groups is 1. The highest BCUT2D eigenvalue weighted by Gasteiger charge is 2.13. The van der Waals surface area contributed by atoms with Crippen LogP contribution in [0.5, 0.6) is 0 Å². The van der Waals surface area contributed by atoms with Gasteiger partial charge in [-0.15, -0.1) is 0 Å². The van der Waals surface area contributed by atoms with Crippen LogP contribution < -0.4 is 10.2 Å². The molecule has 6 nitrogen and oxygen atoms in total. The van der Waals surface area contributed by atoms with Crippen LogP contribution in [0.2, 0.25) is 0 Å². The number of amides is 1. The van der Waals surface area contributed by atoms with Crippen molar-refractivity contribution in [2.75, 3.05) is 24.5 Å². The first-order valence-electron chi connectivity index (χ1n) is 8.82. The van der Waals surface area contributed by atoms with Crippen LogP contribution in [0, 0.1) is 11.8 Å². The van der Waals surface area contributed by atoms with Crippen molar-refractivity contribution in [3.8, 4) is 11.8 Å². The van der Waals surface area contributed by atoms with Gasteiger partial charge in [-0.2, -0.15) is 0 Å². The molecule has 3 rings (SSSR count). The number of anilines is 1. The highest BCUT2D eigenvalue weighted by atomic mass is 16.5. The lowest BCUT2D eigenvalue weighted by molar-refractivity contribution is 0.140. The Kier molecular flexibility index (Phi) is 6.43. The van der Waals surface area contributed by atoms with Gasteiger partial charge < -0.3 is 15.0 Å². The molecule has 1 saturated heterocycles. The molecule has 1 N–H and O–H groups in total. The number of ether oxygens (including phenoxy) is 1. The minimum absolute atomic E-state index is 0.263. The van der Waals surface area contributed by atoms with E-state index in [1.165, 1.54) is 12.8 Å². The first-order chi connectivity index (χ1) is 12.8. The van der Waals surface area contributed by atoms with Gasteiger partial charge in [-0.3, -0.25) is 0 Å². The summed E-state index contributed by atoms with van der Waals surface area (Å²) in [5.74, 6) is 6.79. The average molecular weight is 350 g/mol. The maximum absolute atomic E-state index is 11.6. The molecule has 1 aliphatic rings. The van der Waals surface area contributed by atoms with Crippen molar-refractivity contribution in [3.63, 3.8) is 0 Å². The third-order valence-electron chi connectivity index (χ3n) is 3.99. The Morgan fingerprint density at radius 1 is 1.15 bits per heavy atom. The zero-order chi connectivity index (χ0) is 18.0. The largest absolute Gasteiger partial charge is 0.445 e. The van der Waals surface area contributed by atoms with Crippen molar-refractivity contribution >= 4 is 12.0 Å². The Bertz CT molecular complexity index is 760. The molecule has 0 saturated carbocycles. The number of rotatable bonds is 5. The molecule has 134 valence electrons. The van der Waals surface area contributed by atoms with E-state index in [9.17, 15) is 4.79 Å². The van der Waals surface area contributed by atoms with Crippen LogP contribution in [-0.2, 0) is 11.3 Å². The summed E-state index contributed by atoms with van der Waals surface area (Å²) in [7, 11) is 0. The molecule has 1 aliphatic heterocycles. The van der Waals surface area contributed by atoms with Crippen molar-refractivity contribution in [2.24, 2.45) is 0 Å². The molecular formula is C20H22N4O2. The predicted molar refractivity (Wildman–Crippen MR) is 99.6 cm³/mol. The SMILES string of the molecule is O=C(NCCC#Cc1cnc(N2CCCC2)nc1)OCc1ccccc1. The molecule has 1 fully saturated rings. The monoisotopic (exact) mass is 350 g/mol. The predicted octanol–water partition coefficient (Wildman–Crippen LogP) is 2.74. The molecule has 0 atom stereocenters. The lowest BCUT2D eigenvalue weighted by Crippen LogP contribution is -2.24. The van der Waals surface area contributed by atoms with Crippen LogP contribution in [-0.4, -0.2) is 35.7 Å². The number of nitrogens with zero attached hydrogens (tertiary/aromatic N) is 3. The molecular weight excluding hydrogens is 328 g/mol. The Labute approximate surface area is 153 Å². The number of nitrogens with one attached hydrogen (secondary N) is 1. The van der Waals surface area contributed by atoms with E-state index < -0.39 is 6.09 Å². The fourth-order valence-electron chi connectivity index (χ4n) is 2.63. The normalized spacial score (nSPS) is 13.0. The fraction of sp³-hybridized carbons (Fsp3) is 0.350. The summed E-state index contributed by atoms with van der Waals surface area (Å²) in [5, 5.41) is 2.68. The molecule has 0 aliphatic carbocycles. The fourth-order valence-corrected chi connectivity index (χ4v) is 2.63. The summed E-state index contributed by atoms with van der Waals surface area (Å²) < 4.78 is 5.13. The topological polar surface area (TPSA) is 67.4 Å². The Hall–Kier alpha value is -3.07. The summed E-state index contributed by atoms with van der Waals surface area (Å²) in [6.45, 7) is 2.75. The lowest BCUT2D eigenvalue weighted by atomic mass is 10.2. The second kappa shape index (κ2) is 9.42. The minimum atomic E-state index is -0.436. The van der Waals surface area contributed by atoms with Crippen molar-refractivity contribution in [1.29, 1.82) is 0 Å². The van der Waals surface area contributed by atoms with Gasteiger partial charge in [0.2, 0.25) is 5.95 Å². The maximum atomic E-state index is 11.6. The van der Waals surface area contributed by atoms with Gasteiger partial charge in [0.25, 0.3) is 0 Å². The molecule has 1 aromatic carbocycles. The van der Waals surface area contributed by atoms with E-state index in [0.29, 0.717) is 13.0 Å². The highest BCUT2D eigenvalue weighted by molar-refractivity contribution is 5.67. The first-order valence-corrected chi connectivity index (χ1v) is 8.82. The number of carbonyl (C=O) groups excluding carboxylic acids is 1. The summed E-state index contributed by atoms with van der Waals surface area (Å²) in [5.41, 5.74) is 1.74. The third kappa shape index (κ3) is 5.49. The molecule has 2 heterocycles. The van der Waals surface area contributed by atoms with E-state index in [0.717, 1.165) is 30.2 Å². The molecule has 26 heavy (non-hydrogen) atoms. The van der Waals surface area contributed by atoms with Crippen LogP contribution in [0.3, 0.4) is 0 Å². The van der Waals surface area contributed by atoms with Crippen molar-refractivity contribution in [3.05, 3.63) is 53.9 Å². The summed E-state index contributed by atoms with van der Waals surface area (Å²) in [6.07, 6.45) is 5.99. The number of hydrogen-bond acceptors (Lipinski definition) is 5. The van der Waals surface area contributed by atoms with Gasteiger partial charge in [-0.1, -0.05) is 42.2 Å². The number of alkyl carbamates (subject to hydrolysis) is 1. The quantitative estimate of drug-likeness (QED) is 0.663. The van der Waals surface area contributed by atoms with Crippen LogP contribution >= 0.6 is 0 Å². The molecule has 0 unspecified atom stereocenters. The molecule has 1 amide bonds. The van der Waals surface area contributed by atoms with Gasteiger partial charge >= 0.3 is 6.09 Å². The van der Waals surface area contributed by atoms with E-state index in [1.807, 2.05) is 30.3 Å². The molecule has 0 spiro atoms. The van der Waals surface area contributed by atoms with Crippen molar-refractivity contribution < 1.29 is 9.53 Å². The van der Waals surface area contributed by atoms with Gasteiger partial charge in [0.1, 0.15) is 6.61 Å². The zero-order valence-electron chi connectivity index (χ0n) is 14.6. The molecule has 0 bridgehead atoms. The van der Waals surface area contributed by atoms with E-state index in [2.05, 4.69) is 32.0 Å². The van der Waals surface area contributed by atoms with Gasteiger partial charge in [-0.05, 0) is 18.4 Å². The van der Waals surface area contributed by atoms with E-state index >= 15 is 0 Å². The average Bonchev–Trinajstić information content (AvgIpc) is 3.22. The lowest BCUT2D eigenvalue weighted by Gasteiger charge is -2.13. The van der Waals surface area contributed by atoms with Gasteiger partial charge in [0, 0.05) is 38.4 Å². The van der Waals surface area contributed by atoms with Crippen LogP contribution in [0.15, 0.2) is 42.7 Å². The number of benzene rings is 1. The minimum Gasteiger partial charge on any atom is -0.445 e. The van der Waals surface area contributed by atoms with Gasteiger partial charge in [-0.25, -0.2) is 14.8 Å². The van der Waals surface area contributed by atoms with E-state index in [-0.39, 0.29) is 6.61 Å². The molecule has 2 aromatic rings. The number of aromatic nitrogens is 2.